The summed E-state index contributed by atoms with van der Waals surface area (Å²) in [6, 6.07) is 0. The quantitative estimate of drug-likeness (QED) is 0.516. The molecule has 66 valence electrons. The van der Waals surface area contributed by atoms with Gasteiger partial charge in [0, 0.05) is 5.03 Å². The molecule has 0 aromatic rings. The number of carbonyl (C=O) groups excluding carboxylic acids is 1. The monoisotopic (exact) mass is 223 g/mol. The molecule has 1 aliphatic rings. The van der Waals surface area contributed by atoms with Gasteiger partial charge in [-0.3, -0.25) is 4.79 Å². The minimum absolute atomic E-state index is 0.456. The SMILES string of the molecule is NC(=O)C1C=CC(Cl)=CC1(S)Cl. The summed E-state index contributed by atoms with van der Waals surface area (Å²) in [7, 11) is 0. The molecule has 2 N–H and O–H groups in total. The summed E-state index contributed by atoms with van der Waals surface area (Å²) in [5, 5.41) is 0.456. The average molecular weight is 224 g/mol. The lowest BCUT2D eigenvalue weighted by Gasteiger charge is -2.25. The van der Waals surface area contributed by atoms with Crippen LogP contribution in [0.5, 0.6) is 0 Å². The molecule has 0 fully saturated rings. The maximum absolute atomic E-state index is 10.8. The van der Waals surface area contributed by atoms with E-state index in [0.29, 0.717) is 5.03 Å². The smallest absolute Gasteiger partial charge is 0.227 e. The second-order valence-corrected chi connectivity index (χ2v) is 4.56. The van der Waals surface area contributed by atoms with E-state index < -0.39 is 16.0 Å². The van der Waals surface area contributed by atoms with E-state index in [0.717, 1.165) is 0 Å². The molecule has 1 rings (SSSR count). The van der Waals surface area contributed by atoms with Crippen LogP contribution in [0.1, 0.15) is 0 Å². The van der Waals surface area contributed by atoms with E-state index in [1.54, 1.807) is 12.2 Å². The van der Waals surface area contributed by atoms with E-state index in [2.05, 4.69) is 12.6 Å². The van der Waals surface area contributed by atoms with Crippen molar-refractivity contribution in [3.8, 4) is 0 Å². The van der Waals surface area contributed by atoms with Crippen molar-refractivity contribution in [1.29, 1.82) is 0 Å². The molecule has 1 aliphatic carbocycles. The van der Waals surface area contributed by atoms with Crippen molar-refractivity contribution in [3.63, 3.8) is 0 Å². The van der Waals surface area contributed by atoms with Gasteiger partial charge in [-0.2, -0.15) is 12.6 Å². The predicted molar refractivity (Wildman–Crippen MR) is 53.3 cm³/mol. The Kier molecular flexibility index (Phi) is 2.76. The number of alkyl halides is 1. The first-order valence-electron chi connectivity index (χ1n) is 3.20. The first kappa shape index (κ1) is 9.96. The maximum atomic E-state index is 10.8. The van der Waals surface area contributed by atoms with Crippen LogP contribution in [0.4, 0.5) is 0 Å². The van der Waals surface area contributed by atoms with E-state index in [9.17, 15) is 4.79 Å². The van der Waals surface area contributed by atoms with Crippen LogP contribution in [0.15, 0.2) is 23.3 Å². The number of rotatable bonds is 1. The third-order valence-corrected chi connectivity index (χ3v) is 2.52. The van der Waals surface area contributed by atoms with Crippen molar-refractivity contribution in [3.05, 3.63) is 23.3 Å². The third kappa shape index (κ3) is 1.97. The van der Waals surface area contributed by atoms with E-state index in [-0.39, 0.29) is 0 Å². The zero-order valence-corrected chi connectivity index (χ0v) is 8.40. The molecule has 0 saturated heterocycles. The molecule has 1 amide bonds. The standard InChI is InChI=1S/C7H7Cl2NOS/c8-4-1-2-5(6(10)11)7(9,12)3-4/h1-3,5,12H,(H2,10,11). The molecule has 2 atom stereocenters. The number of amides is 1. The Labute approximate surface area is 85.8 Å². The molecule has 2 unspecified atom stereocenters. The first-order chi connectivity index (χ1) is 5.43. The van der Waals surface area contributed by atoms with E-state index >= 15 is 0 Å². The van der Waals surface area contributed by atoms with Crippen LogP contribution in [-0.4, -0.2) is 10.1 Å². The zero-order chi connectivity index (χ0) is 9.35. The van der Waals surface area contributed by atoms with Crippen LogP contribution in [0.3, 0.4) is 0 Å². The Bertz CT molecular complexity index is 273. The number of thiol groups is 1. The molecule has 0 radical (unpaired) electrons. The molecule has 5 heteroatoms. The molecule has 0 aromatic heterocycles. The van der Waals surface area contributed by atoms with Crippen molar-refractivity contribution in [2.75, 3.05) is 0 Å². The van der Waals surface area contributed by atoms with Gasteiger partial charge in [0.25, 0.3) is 0 Å². The van der Waals surface area contributed by atoms with Gasteiger partial charge in [-0.15, -0.1) is 11.6 Å². The Balaban J connectivity index is 2.96. The average Bonchev–Trinajstić information content (AvgIpc) is 1.82. The number of carbonyl (C=O) groups is 1. The molecule has 0 spiro atoms. The van der Waals surface area contributed by atoms with Crippen LogP contribution in [-0.2, 0) is 4.79 Å². The van der Waals surface area contributed by atoms with Crippen LogP contribution in [0, 0.1) is 5.92 Å². The number of halogens is 2. The molecule has 0 aromatic carbocycles. The Morgan fingerprint density at radius 3 is 2.75 bits per heavy atom. The lowest BCUT2D eigenvalue weighted by atomic mass is 9.99. The van der Waals surface area contributed by atoms with Gasteiger partial charge in [0.1, 0.15) is 4.21 Å². The third-order valence-electron chi connectivity index (χ3n) is 1.53. The van der Waals surface area contributed by atoms with Gasteiger partial charge in [0.15, 0.2) is 0 Å². The largest absolute Gasteiger partial charge is 0.369 e. The van der Waals surface area contributed by atoms with E-state index in [4.69, 9.17) is 28.9 Å². The number of hydrogen-bond donors (Lipinski definition) is 2. The first-order valence-corrected chi connectivity index (χ1v) is 4.41. The molecule has 0 bridgehead atoms. The lowest BCUT2D eigenvalue weighted by molar-refractivity contribution is -0.120. The molecule has 0 heterocycles. The summed E-state index contributed by atoms with van der Waals surface area (Å²) >= 11 is 15.6. The second kappa shape index (κ2) is 3.32. The van der Waals surface area contributed by atoms with E-state index in [1.807, 2.05) is 0 Å². The highest BCUT2D eigenvalue weighted by molar-refractivity contribution is 7.83. The van der Waals surface area contributed by atoms with Crippen LogP contribution in [0.25, 0.3) is 0 Å². The fraction of sp³-hybridized carbons (Fsp3) is 0.286. The van der Waals surface area contributed by atoms with Gasteiger partial charge in [0.05, 0.1) is 5.92 Å². The molecule has 0 aliphatic heterocycles. The minimum atomic E-state index is -1.10. The van der Waals surface area contributed by atoms with Gasteiger partial charge in [-0.25, -0.2) is 0 Å². The summed E-state index contributed by atoms with van der Waals surface area (Å²) in [5.41, 5.74) is 5.09. The lowest BCUT2D eigenvalue weighted by Crippen LogP contribution is -2.35. The fourth-order valence-corrected chi connectivity index (χ4v) is 1.98. The van der Waals surface area contributed by atoms with Crippen molar-refractivity contribution in [2.45, 2.75) is 4.21 Å². The highest BCUT2D eigenvalue weighted by Gasteiger charge is 2.35. The number of nitrogens with two attached hydrogens (primary N) is 1. The Morgan fingerprint density at radius 2 is 2.33 bits per heavy atom. The normalized spacial score (nSPS) is 34.6. The van der Waals surface area contributed by atoms with Crippen molar-refractivity contribution in [1.82, 2.24) is 0 Å². The van der Waals surface area contributed by atoms with Crippen molar-refractivity contribution >= 4 is 41.7 Å². The number of hydrogen-bond acceptors (Lipinski definition) is 2. The Hall–Kier alpha value is -0.120. The van der Waals surface area contributed by atoms with Gasteiger partial charge in [-0.1, -0.05) is 17.7 Å². The Morgan fingerprint density at radius 1 is 1.75 bits per heavy atom. The van der Waals surface area contributed by atoms with Crippen LogP contribution < -0.4 is 5.73 Å². The van der Waals surface area contributed by atoms with E-state index in [1.165, 1.54) is 6.08 Å². The summed E-state index contributed by atoms with van der Waals surface area (Å²) < 4.78 is -1.10. The topological polar surface area (TPSA) is 43.1 Å². The number of allylic oxidation sites excluding steroid dienone is 2. The highest BCUT2D eigenvalue weighted by atomic mass is 35.5. The van der Waals surface area contributed by atoms with Crippen molar-refractivity contribution < 1.29 is 4.79 Å². The van der Waals surface area contributed by atoms with Crippen LogP contribution in [0.2, 0.25) is 0 Å². The molecule has 2 nitrogen and oxygen atoms in total. The number of primary amides is 1. The summed E-state index contributed by atoms with van der Waals surface area (Å²) in [6.07, 6.45) is 4.60. The van der Waals surface area contributed by atoms with Gasteiger partial charge < -0.3 is 5.73 Å². The summed E-state index contributed by atoms with van der Waals surface area (Å²) in [6.45, 7) is 0. The van der Waals surface area contributed by atoms with Gasteiger partial charge in [0.2, 0.25) is 5.91 Å². The molecular weight excluding hydrogens is 217 g/mol. The van der Waals surface area contributed by atoms with Crippen LogP contribution >= 0.6 is 35.8 Å². The molecule has 12 heavy (non-hydrogen) atoms. The fourth-order valence-electron chi connectivity index (χ4n) is 0.949. The zero-order valence-electron chi connectivity index (χ0n) is 6.00. The van der Waals surface area contributed by atoms with Gasteiger partial charge >= 0.3 is 0 Å². The summed E-state index contributed by atoms with van der Waals surface area (Å²) in [5.74, 6) is -1.14. The summed E-state index contributed by atoms with van der Waals surface area (Å²) in [4.78, 5) is 10.8. The maximum Gasteiger partial charge on any atom is 0.227 e. The highest BCUT2D eigenvalue weighted by Crippen LogP contribution is 2.37. The second-order valence-electron chi connectivity index (χ2n) is 2.50. The van der Waals surface area contributed by atoms with Gasteiger partial charge in [-0.05, 0) is 12.2 Å². The van der Waals surface area contributed by atoms with Crippen molar-refractivity contribution in [2.24, 2.45) is 11.7 Å². The molecule has 0 saturated carbocycles. The molecular formula is C7H7Cl2NOS. The minimum Gasteiger partial charge on any atom is -0.369 e. The predicted octanol–water partition coefficient (Wildman–Crippen LogP) is 1.65.